The van der Waals surface area contributed by atoms with Crippen molar-refractivity contribution in [3.05, 3.63) is 70.4 Å². The van der Waals surface area contributed by atoms with Crippen LogP contribution >= 0.6 is 0 Å². The quantitative estimate of drug-likeness (QED) is 0.583. The third-order valence-corrected chi connectivity index (χ3v) is 2.97. The number of hydrogen-bond donors (Lipinski definition) is 0. The standard InChI is InChI=1S/C14H7F2NO2/c15-9-6-4-8(5-7-9)13-14(18)12-10(16)2-1-3-11(12)17(13)19/h1-7H. The Kier molecular flexibility index (Phi) is 2.41. The SMILES string of the molecule is O=C1C(c2ccc(F)cc2)=[N+]([O-])c2cccc(F)c21. The highest BCUT2D eigenvalue weighted by molar-refractivity contribution is 6.52. The third-order valence-electron chi connectivity index (χ3n) is 2.97. The highest BCUT2D eigenvalue weighted by Crippen LogP contribution is 2.29. The molecule has 0 spiro atoms. The van der Waals surface area contributed by atoms with E-state index in [0.717, 1.165) is 18.2 Å². The molecule has 3 rings (SSSR count). The molecule has 1 aliphatic heterocycles. The molecule has 5 heteroatoms. The normalized spacial score (nSPS) is 13.9. The highest BCUT2D eigenvalue weighted by atomic mass is 19.1. The Morgan fingerprint density at radius 3 is 2.32 bits per heavy atom. The summed E-state index contributed by atoms with van der Waals surface area (Å²) in [5.74, 6) is -1.90. The van der Waals surface area contributed by atoms with E-state index in [4.69, 9.17) is 0 Å². The Balaban J connectivity index is 2.20. The van der Waals surface area contributed by atoms with E-state index >= 15 is 0 Å². The molecule has 0 saturated carbocycles. The number of hydrogen-bond acceptors (Lipinski definition) is 2. The number of carbonyl (C=O) groups is 1. The molecule has 0 N–H and O–H groups in total. The summed E-state index contributed by atoms with van der Waals surface area (Å²) in [5, 5.41) is 12.0. The van der Waals surface area contributed by atoms with Crippen LogP contribution in [0.5, 0.6) is 0 Å². The lowest BCUT2D eigenvalue weighted by Crippen LogP contribution is -2.17. The summed E-state index contributed by atoms with van der Waals surface area (Å²) < 4.78 is 26.8. The van der Waals surface area contributed by atoms with Crippen LogP contribution < -0.4 is 0 Å². The van der Waals surface area contributed by atoms with E-state index in [1.807, 2.05) is 0 Å². The Hall–Kier alpha value is -2.56. The van der Waals surface area contributed by atoms with Crippen LogP contribution in [0.25, 0.3) is 0 Å². The topological polar surface area (TPSA) is 43.1 Å². The van der Waals surface area contributed by atoms with E-state index in [9.17, 15) is 18.8 Å². The summed E-state index contributed by atoms with van der Waals surface area (Å²) in [6, 6.07) is 8.78. The first-order valence-electron chi connectivity index (χ1n) is 5.53. The Labute approximate surface area is 107 Å². The second kappa shape index (κ2) is 3.98. The molecule has 0 aromatic heterocycles. The number of ketones is 1. The van der Waals surface area contributed by atoms with Gasteiger partial charge < -0.3 is 5.21 Å². The van der Waals surface area contributed by atoms with E-state index in [2.05, 4.69) is 0 Å². The fourth-order valence-electron chi connectivity index (χ4n) is 2.09. The molecule has 0 radical (unpaired) electrons. The molecular formula is C14H7F2NO2. The zero-order valence-electron chi connectivity index (χ0n) is 9.56. The van der Waals surface area contributed by atoms with Crippen LogP contribution in [0.4, 0.5) is 14.5 Å². The largest absolute Gasteiger partial charge is 0.618 e. The van der Waals surface area contributed by atoms with Gasteiger partial charge in [-0.15, -0.1) is 0 Å². The molecule has 0 fully saturated rings. The van der Waals surface area contributed by atoms with Crippen LogP contribution in [0.3, 0.4) is 0 Å². The maximum Gasteiger partial charge on any atom is 0.273 e. The van der Waals surface area contributed by atoms with Crippen molar-refractivity contribution in [3.63, 3.8) is 0 Å². The third kappa shape index (κ3) is 1.62. The molecule has 3 nitrogen and oxygen atoms in total. The van der Waals surface area contributed by atoms with E-state index < -0.39 is 17.4 Å². The van der Waals surface area contributed by atoms with Gasteiger partial charge in [-0.25, -0.2) is 8.78 Å². The van der Waals surface area contributed by atoms with Gasteiger partial charge in [-0.05, 0) is 30.3 Å². The molecule has 1 aliphatic rings. The number of Topliss-reactive ketones (excluding diaryl/α,β-unsaturated/α-hetero) is 1. The van der Waals surface area contributed by atoms with Crippen molar-refractivity contribution < 1.29 is 18.3 Å². The molecule has 0 bridgehead atoms. The van der Waals surface area contributed by atoms with Crippen LogP contribution in [0.2, 0.25) is 0 Å². The lowest BCUT2D eigenvalue weighted by molar-refractivity contribution is -0.355. The number of carbonyl (C=O) groups excluding carboxylic acids is 1. The van der Waals surface area contributed by atoms with Gasteiger partial charge in [0.1, 0.15) is 17.2 Å². The Morgan fingerprint density at radius 1 is 1.00 bits per heavy atom. The predicted molar refractivity (Wildman–Crippen MR) is 64.5 cm³/mol. The van der Waals surface area contributed by atoms with Crippen molar-refractivity contribution in [1.29, 1.82) is 0 Å². The van der Waals surface area contributed by atoms with E-state index in [0.29, 0.717) is 4.74 Å². The molecule has 0 atom stereocenters. The number of benzene rings is 2. The average Bonchev–Trinajstić information content (AvgIpc) is 2.65. The second-order valence-electron chi connectivity index (χ2n) is 4.11. The predicted octanol–water partition coefficient (Wildman–Crippen LogP) is 2.79. The van der Waals surface area contributed by atoms with Gasteiger partial charge in [0, 0.05) is 6.07 Å². The summed E-state index contributed by atoms with van der Waals surface area (Å²) in [5.41, 5.74) is -0.196. The highest BCUT2D eigenvalue weighted by Gasteiger charge is 2.38. The van der Waals surface area contributed by atoms with E-state index in [-0.39, 0.29) is 22.5 Å². The summed E-state index contributed by atoms with van der Waals surface area (Å²) in [6.45, 7) is 0. The van der Waals surface area contributed by atoms with Crippen LogP contribution in [0.1, 0.15) is 15.9 Å². The molecule has 0 unspecified atom stereocenters. The van der Waals surface area contributed by atoms with Gasteiger partial charge in [0.05, 0.1) is 5.56 Å². The molecule has 94 valence electrons. The van der Waals surface area contributed by atoms with Crippen molar-refractivity contribution in [2.75, 3.05) is 0 Å². The fraction of sp³-hybridized carbons (Fsp3) is 0. The minimum Gasteiger partial charge on any atom is -0.618 e. The van der Waals surface area contributed by atoms with E-state index in [1.54, 1.807) is 0 Å². The first-order valence-corrected chi connectivity index (χ1v) is 5.53. The lowest BCUT2D eigenvalue weighted by Gasteiger charge is -2.01. The van der Waals surface area contributed by atoms with Gasteiger partial charge in [-0.1, -0.05) is 6.07 Å². The van der Waals surface area contributed by atoms with Gasteiger partial charge >= 0.3 is 0 Å². The van der Waals surface area contributed by atoms with Gasteiger partial charge in [0.2, 0.25) is 5.69 Å². The van der Waals surface area contributed by atoms with E-state index in [1.165, 1.54) is 24.3 Å². The van der Waals surface area contributed by atoms with Crippen molar-refractivity contribution >= 4 is 17.2 Å². The maximum atomic E-state index is 13.6. The smallest absolute Gasteiger partial charge is 0.273 e. The molecule has 0 aliphatic carbocycles. The Morgan fingerprint density at radius 2 is 1.68 bits per heavy atom. The monoisotopic (exact) mass is 259 g/mol. The van der Waals surface area contributed by atoms with Crippen molar-refractivity contribution in [3.8, 4) is 0 Å². The molecule has 0 amide bonds. The minimum atomic E-state index is -0.736. The molecule has 2 aromatic rings. The van der Waals surface area contributed by atoms with Gasteiger partial charge in [0.15, 0.2) is 0 Å². The van der Waals surface area contributed by atoms with Gasteiger partial charge in [-0.3, -0.25) is 4.79 Å². The summed E-state index contributed by atoms with van der Waals surface area (Å²) in [6.07, 6.45) is 0. The van der Waals surface area contributed by atoms with Crippen molar-refractivity contribution in [2.24, 2.45) is 0 Å². The number of halogens is 2. The van der Waals surface area contributed by atoms with Crippen LogP contribution in [0, 0.1) is 16.8 Å². The zero-order chi connectivity index (χ0) is 13.6. The van der Waals surface area contributed by atoms with Crippen LogP contribution in [0.15, 0.2) is 42.5 Å². The molecule has 0 saturated heterocycles. The van der Waals surface area contributed by atoms with Gasteiger partial charge in [-0.2, -0.15) is 4.74 Å². The van der Waals surface area contributed by atoms with Crippen LogP contribution in [-0.2, 0) is 0 Å². The zero-order valence-corrected chi connectivity index (χ0v) is 9.56. The molecular weight excluding hydrogens is 252 g/mol. The first kappa shape index (κ1) is 11.5. The van der Waals surface area contributed by atoms with Crippen molar-refractivity contribution in [2.45, 2.75) is 0 Å². The maximum absolute atomic E-state index is 13.6. The number of fused-ring (bicyclic) bond motifs is 1. The molecule has 1 heterocycles. The number of nitrogens with zero attached hydrogens (tertiary/aromatic N) is 1. The van der Waals surface area contributed by atoms with Crippen molar-refractivity contribution in [1.82, 2.24) is 0 Å². The minimum absolute atomic E-state index is 0.0238. The summed E-state index contributed by atoms with van der Waals surface area (Å²) in [4.78, 5) is 12.1. The molecule has 19 heavy (non-hydrogen) atoms. The fourth-order valence-corrected chi connectivity index (χ4v) is 2.09. The average molecular weight is 259 g/mol. The lowest BCUT2D eigenvalue weighted by atomic mass is 10.0. The van der Waals surface area contributed by atoms with Gasteiger partial charge in [0.25, 0.3) is 11.5 Å². The summed E-state index contributed by atoms with van der Waals surface area (Å²) >= 11 is 0. The Bertz CT molecular complexity index is 721. The number of rotatable bonds is 1. The molecule has 2 aromatic carbocycles. The van der Waals surface area contributed by atoms with Crippen LogP contribution in [-0.4, -0.2) is 16.2 Å². The first-order chi connectivity index (χ1) is 9.09. The second-order valence-corrected chi connectivity index (χ2v) is 4.11. The summed E-state index contributed by atoms with van der Waals surface area (Å²) in [7, 11) is 0.